The van der Waals surface area contributed by atoms with Gasteiger partial charge in [-0.3, -0.25) is 4.79 Å². The maximum absolute atomic E-state index is 12.2. The molecule has 0 aliphatic carbocycles. The van der Waals surface area contributed by atoms with Gasteiger partial charge in [-0.15, -0.1) is 0 Å². The van der Waals surface area contributed by atoms with E-state index in [-0.39, 0.29) is 12.5 Å². The number of aromatic nitrogens is 1. The van der Waals surface area contributed by atoms with Crippen LogP contribution in [0.15, 0.2) is 51.4 Å². The number of aryl methyl sites for hydroxylation is 1. The molecule has 3 aromatic rings. The summed E-state index contributed by atoms with van der Waals surface area (Å²) >= 11 is 3.41. The molecule has 2 aromatic carbocycles. The molecule has 118 valence electrons. The largest absolute Gasteiger partial charge is 0.423 e. The molecule has 23 heavy (non-hydrogen) atoms. The molecule has 3 rings (SSSR count). The Hall–Kier alpha value is -2.34. The molecular formula is C17H16BrN3O2. The van der Waals surface area contributed by atoms with E-state index in [2.05, 4.69) is 26.2 Å². The molecule has 6 heteroatoms. The number of amides is 1. The molecule has 5 nitrogen and oxygen atoms in total. The van der Waals surface area contributed by atoms with E-state index in [1.54, 1.807) is 11.9 Å². The fourth-order valence-electron chi connectivity index (χ4n) is 2.26. The molecule has 1 N–H and O–H groups in total. The summed E-state index contributed by atoms with van der Waals surface area (Å²) in [4.78, 5) is 18.3. The van der Waals surface area contributed by atoms with Gasteiger partial charge in [0.2, 0.25) is 5.91 Å². The van der Waals surface area contributed by atoms with Crippen molar-refractivity contribution >= 4 is 44.6 Å². The first-order valence-corrected chi connectivity index (χ1v) is 7.95. The van der Waals surface area contributed by atoms with Crippen molar-refractivity contribution < 1.29 is 9.21 Å². The third kappa shape index (κ3) is 3.53. The van der Waals surface area contributed by atoms with Crippen molar-refractivity contribution in [2.75, 3.05) is 23.8 Å². The molecule has 0 aliphatic heterocycles. The van der Waals surface area contributed by atoms with Crippen molar-refractivity contribution in [1.29, 1.82) is 0 Å². The predicted molar refractivity (Wildman–Crippen MR) is 94.8 cm³/mol. The Bertz CT molecular complexity index is 827. The normalized spacial score (nSPS) is 10.7. The maximum atomic E-state index is 12.2. The van der Waals surface area contributed by atoms with Crippen molar-refractivity contribution in [3.8, 4) is 0 Å². The molecule has 0 radical (unpaired) electrons. The second-order valence-electron chi connectivity index (χ2n) is 5.33. The first-order valence-electron chi connectivity index (χ1n) is 7.15. The Morgan fingerprint density at radius 3 is 2.83 bits per heavy atom. The van der Waals surface area contributed by atoms with E-state index in [0.29, 0.717) is 11.6 Å². The van der Waals surface area contributed by atoms with Crippen molar-refractivity contribution in [2.45, 2.75) is 6.92 Å². The van der Waals surface area contributed by atoms with Crippen molar-refractivity contribution in [2.24, 2.45) is 0 Å². The summed E-state index contributed by atoms with van der Waals surface area (Å²) in [6.45, 7) is 2.10. The third-order valence-electron chi connectivity index (χ3n) is 3.45. The minimum Gasteiger partial charge on any atom is -0.423 e. The number of hydrogen-bond acceptors (Lipinski definition) is 4. The number of para-hydroxylation sites is 2. The Balaban J connectivity index is 1.69. The number of carbonyl (C=O) groups excluding carboxylic acids is 1. The molecule has 0 spiro atoms. The number of benzene rings is 2. The van der Waals surface area contributed by atoms with Crippen LogP contribution < -0.4 is 10.2 Å². The molecular weight excluding hydrogens is 358 g/mol. The minimum absolute atomic E-state index is 0.125. The number of rotatable bonds is 4. The lowest BCUT2D eigenvalue weighted by atomic mass is 10.2. The van der Waals surface area contributed by atoms with Gasteiger partial charge in [-0.25, -0.2) is 0 Å². The summed E-state index contributed by atoms with van der Waals surface area (Å²) in [5.41, 5.74) is 3.28. The quantitative estimate of drug-likeness (QED) is 0.751. The second kappa shape index (κ2) is 6.42. The summed E-state index contributed by atoms with van der Waals surface area (Å²) < 4.78 is 6.63. The van der Waals surface area contributed by atoms with E-state index in [9.17, 15) is 4.79 Å². The van der Waals surface area contributed by atoms with E-state index in [1.807, 2.05) is 49.4 Å². The summed E-state index contributed by atoms with van der Waals surface area (Å²) in [5, 5.41) is 2.90. The summed E-state index contributed by atoms with van der Waals surface area (Å²) in [6.07, 6.45) is 0. The van der Waals surface area contributed by atoms with Crippen LogP contribution in [-0.4, -0.2) is 24.5 Å². The third-order valence-corrected chi connectivity index (χ3v) is 3.95. The lowest BCUT2D eigenvalue weighted by molar-refractivity contribution is -0.115. The first kappa shape index (κ1) is 15.6. The average Bonchev–Trinajstić information content (AvgIpc) is 2.94. The summed E-state index contributed by atoms with van der Waals surface area (Å²) in [5.74, 6) is -0.125. The number of nitrogens with zero attached hydrogens (tertiary/aromatic N) is 2. The zero-order chi connectivity index (χ0) is 16.4. The van der Waals surface area contributed by atoms with Crippen LogP contribution in [0.1, 0.15) is 5.56 Å². The van der Waals surface area contributed by atoms with Crippen LogP contribution in [0.4, 0.5) is 11.7 Å². The Morgan fingerprint density at radius 1 is 1.30 bits per heavy atom. The highest BCUT2D eigenvalue weighted by atomic mass is 79.9. The molecule has 0 atom stereocenters. The van der Waals surface area contributed by atoms with E-state index >= 15 is 0 Å². The fraction of sp³-hybridized carbons (Fsp3) is 0.176. The molecule has 1 amide bonds. The molecule has 0 saturated heterocycles. The van der Waals surface area contributed by atoms with Gasteiger partial charge >= 0.3 is 0 Å². The molecule has 0 unspecified atom stereocenters. The molecule has 0 bridgehead atoms. The topological polar surface area (TPSA) is 58.4 Å². The average molecular weight is 374 g/mol. The van der Waals surface area contributed by atoms with Gasteiger partial charge in [0.15, 0.2) is 5.58 Å². The molecule has 1 aromatic heterocycles. The van der Waals surface area contributed by atoms with Gasteiger partial charge in [0, 0.05) is 17.2 Å². The highest BCUT2D eigenvalue weighted by molar-refractivity contribution is 9.10. The van der Waals surface area contributed by atoms with Crippen LogP contribution in [0.3, 0.4) is 0 Å². The van der Waals surface area contributed by atoms with E-state index in [4.69, 9.17) is 4.42 Å². The second-order valence-corrected chi connectivity index (χ2v) is 6.24. The fourth-order valence-corrected chi connectivity index (χ4v) is 2.74. The zero-order valence-corrected chi connectivity index (χ0v) is 14.4. The van der Waals surface area contributed by atoms with E-state index in [1.165, 1.54) is 0 Å². The number of oxazole rings is 1. The van der Waals surface area contributed by atoms with Crippen LogP contribution in [-0.2, 0) is 4.79 Å². The van der Waals surface area contributed by atoms with Crippen molar-refractivity contribution in [3.63, 3.8) is 0 Å². The SMILES string of the molecule is Cc1cc(Br)ccc1NC(=O)CN(C)c1nc2ccccc2o1. The number of carbonyl (C=O) groups is 1. The lowest BCUT2D eigenvalue weighted by Gasteiger charge is -2.15. The van der Waals surface area contributed by atoms with Crippen LogP contribution in [0.2, 0.25) is 0 Å². The lowest BCUT2D eigenvalue weighted by Crippen LogP contribution is -2.30. The molecule has 1 heterocycles. The summed E-state index contributed by atoms with van der Waals surface area (Å²) in [6, 6.07) is 13.7. The van der Waals surface area contributed by atoms with E-state index < -0.39 is 0 Å². The first-order chi connectivity index (χ1) is 11.0. The summed E-state index contributed by atoms with van der Waals surface area (Å²) in [7, 11) is 1.78. The van der Waals surface area contributed by atoms with Gasteiger partial charge in [0.05, 0.1) is 0 Å². The monoisotopic (exact) mass is 373 g/mol. The number of fused-ring (bicyclic) bond motifs is 1. The van der Waals surface area contributed by atoms with Gasteiger partial charge in [0.25, 0.3) is 6.01 Å². The number of likely N-dealkylation sites (N-methyl/N-ethyl adjacent to an activating group) is 1. The molecule has 0 fully saturated rings. The standard InChI is InChI=1S/C17H16BrN3O2/c1-11-9-12(18)7-8-13(11)19-16(22)10-21(2)17-20-14-5-3-4-6-15(14)23-17/h3-9H,10H2,1-2H3,(H,19,22). The smallest absolute Gasteiger partial charge is 0.298 e. The van der Waals surface area contributed by atoms with Crippen molar-refractivity contribution in [1.82, 2.24) is 4.98 Å². The number of anilines is 2. The van der Waals surface area contributed by atoms with Crippen LogP contribution >= 0.6 is 15.9 Å². The number of nitrogens with one attached hydrogen (secondary N) is 1. The van der Waals surface area contributed by atoms with Crippen molar-refractivity contribution in [3.05, 3.63) is 52.5 Å². The number of halogens is 1. The van der Waals surface area contributed by atoms with Crippen LogP contribution in [0, 0.1) is 6.92 Å². The minimum atomic E-state index is -0.125. The van der Waals surface area contributed by atoms with Gasteiger partial charge in [-0.05, 0) is 42.8 Å². The highest BCUT2D eigenvalue weighted by Gasteiger charge is 2.14. The van der Waals surface area contributed by atoms with Gasteiger partial charge < -0.3 is 14.6 Å². The van der Waals surface area contributed by atoms with E-state index in [0.717, 1.165) is 21.2 Å². The number of hydrogen-bond donors (Lipinski definition) is 1. The van der Waals surface area contributed by atoms with Gasteiger partial charge in [0.1, 0.15) is 12.1 Å². The van der Waals surface area contributed by atoms with Crippen LogP contribution in [0.5, 0.6) is 0 Å². The van der Waals surface area contributed by atoms with Gasteiger partial charge in [-0.1, -0.05) is 28.1 Å². The molecule has 0 aliphatic rings. The maximum Gasteiger partial charge on any atom is 0.298 e. The zero-order valence-electron chi connectivity index (χ0n) is 12.8. The Kier molecular flexibility index (Phi) is 4.34. The highest BCUT2D eigenvalue weighted by Crippen LogP contribution is 2.22. The molecule has 0 saturated carbocycles. The van der Waals surface area contributed by atoms with Crippen LogP contribution in [0.25, 0.3) is 11.1 Å². The Morgan fingerprint density at radius 2 is 2.09 bits per heavy atom. The Labute approximate surface area is 142 Å². The van der Waals surface area contributed by atoms with Gasteiger partial charge in [-0.2, -0.15) is 4.98 Å². The predicted octanol–water partition coefficient (Wildman–Crippen LogP) is 3.97.